The number of phosphoric acid groups is 1. The van der Waals surface area contributed by atoms with Crippen molar-refractivity contribution in [3.05, 3.63) is 0 Å². The molecule has 1 aliphatic carbocycles. The number of carbonyl (C=O) groups excluding carboxylic acids is 3. The molecule has 25 heteroatoms. The SMILES string of the molecule is CCCCCCCCCCCCCCCCCCC(=O)OCC1OC(OC2C(O)C(O)C(O)C(OC3OC(CO)C(O)C(O)C3O)C2OP(=O)(O)OCC(COC(=O)CCCCCCCCCCCCCCCC)OC(=O)CCCCCCCCCCCCCCCCCC)C(O)C(O)C1O. The van der Waals surface area contributed by atoms with Crippen LogP contribution in [0.3, 0.4) is 0 Å². The van der Waals surface area contributed by atoms with E-state index < -0.39 is 156 Å². The monoisotopic (exact) mass is 1470 g/mol. The second-order valence-corrected chi connectivity index (χ2v) is 30.6. The molecule has 11 N–H and O–H groups in total. The molecule has 2 heterocycles. The van der Waals surface area contributed by atoms with E-state index in [4.69, 9.17) is 42.2 Å². The molecule has 0 aromatic carbocycles. The highest BCUT2D eigenvalue weighted by molar-refractivity contribution is 7.47. The number of aliphatic hydroxyl groups is 10. The Labute approximate surface area is 606 Å². The standard InChI is InChI=1S/C76H143O24P/c1-4-7-10-13-16-19-22-25-28-30-33-36-39-42-45-48-51-61(79)93-56-59-64(82)66(84)71(89)76(97-59)99-73-69(87)67(85)68(86)72(98-75-70(88)65(83)63(81)58(53-77)96-75)74(73)100-101(90,91)94-55-57(54-92-60(78)50-47-44-41-38-35-32-27-24-21-18-15-12-9-6-3)95-62(80)52-49-46-43-40-37-34-31-29-26-23-20-17-14-11-8-5-2/h57-59,63-77,81-89H,4-56H2,1-3H3,(H,90,91). The van der Waals surface area contributed by atoms with Gasteiger partial charge in [-0.2, -0.15) is 0 Å². The Morgan fingerprint density at radius 1 is 0.347 bits per heavy atom. The van der Waals surface area contributed by atoms with Crippen LogP contribution in [0.4, 0.5) is 0 Å². The average molecular weight is 1470 g/mol. The van der Waals surface area contributed by atoms with Gasteiger partial charge in [-0.05, 0) is 19.3 Å². The second-order valence-electron chi connectivity index (χ2n) is 29.2. The molecule has 1 saturated carbocycles. The van der Waals surface area contributed by atoms with Crippen LogP contribution in [0.2, 0.25) is 0 Å². The maximum Gasteiger partial charge on any atom is 0.472 e. The lowest BCUT2D eigenvalue weighted by Crippen LogP contribution is -2.69. The third-order valence-electron chi connectivity index (χ3n) is 20.1. The van der Waals surface area contributed by atoms with Gasteiger partial charge in [0.1, 0.15) is 98.7 Å². The number of hydrogen-bond acceptors (Lipinski definition) is 23. The normalized spacial score (nSPS) is 27.1. The molecule has 0 aromatic heterocycles. The molecule has 2 saturated heterocycles. The third kappa shape index (κ3) is 40.7. The van der Waals surface area contributed by atoms with Crippen LogP contribution in [-0.2, 0) is 61.2 Å². The van der Waals surface area contributed by atoms with E-state index in [0.717, 1.165) is 89.9 Å². The third-order valence-corrected chi connectivity index (χ3v) is 21.1. The van der Waals surface area contributed by atoms with Gasteiger partial charge in [0, 0.05) is 19.3 Å². The number of unbranched alkanes of at least 4 members (excludes halogenated alkanes) is 43. The van der Waals surface area contributed by atoms with Crippen molar-refractivity contribution in [3.8, 4) is 0 Å². The van der Waals surface area contributed by atoms with Crippen molar-refractivity contribution >= 4 is 25.7 Å². The molecule has 0 bridgehead atoms. The molecular weight excluding hydrogens is 1330 g/mol. The second kappa shape index (κ2) is 58.0. The number of phosphoric ester groups is 1. The van der Waals surface area contributed by atoms with Crippen LogP contribution in [0, 0.1) is 0 Å². The topological polar surface area (TPSA) is 374 Å². The Bertz CT molecular complexity index is 2080. The molecule has 18 unspecified atom stereocenters. The summed E-state index contributed by atoms with van der Waals surface area (Å²) in [6, 6.07) is 0. The highest BCUT2D eigenvalue weighted by Gasteiger charge is 2.58. The summed E-state index contributed by atoms with van der Waals surface area (Å²) in [7, 11) is -5.69. The Balaban J connectivity index is 1.70. The summed E-state index contributed by atoms with van der Waals surface area (Å²) in [5, 5.41) is 110. The van der Waals surface area contributed by atoms with Crippen LogP contribution in [0.5, 0.6) is 0 Å². The molecule has 18 atom stereocenters. The van der Waals surface area contributed by atoms with Crippen molar-refractivity contribution in [1.29, 1.82) is 0 Å². The molecule has 596 valence electrons. The highest BCUT2D eigenvalue weighted by Crippen LogP contribution is 2.49. The lowest BCUT2D eigenvalue weighted by molar-refractivity contribution is -0.360. The molecule has 0 aromatic rings. The number of ether oxygens (including phenoxy) is 7. The number of hydrogen-bond donors (Lipinski definition) is 11. The molecule has 3 fully saturated rings. The molecule has 24 nitrogen and oxygen atoms in total. The highest BCUT2D eigenvalue weighted by atomic mass is 31.2. The van der Waals surface area contributed by atoms with E-state index in [0.29, 0.717) is 19.3 Å². The van der Waals surface area contributed by atoms with Gasteiger partial charge in [0.2, 0.25) is 0 Å². The summed E-state index contributed by atoms with van der Waals surface area (Å²) >= 11 is 0. The van der Waals surface area contributed by atoms with Gasteiger partial charge in [0.15, 0.2) is 18.7 Å². The number of carbonyl (C=O) groups is 3. The van der Waals surface area contributed by atoms with Crippen LogP contribution < -0.4 is 0 Å². The van der Waals surface area contributed by atoms with Gasteiger partial charge in [-0.25, -0.2) is 4.57 Å². The van der Waals surface area contributed by atoms with E-state index in [1.807, 2.05) is 0 Å². The van der Waals surface area contributed by atoms with Crippen LogP contribution in [0.25, 0.3) is 0 Å². The van der Waals surface area contributed by atoms with Crippen LogP contribution in [-0.4, -0.2) is 204 Å². The minimum atomic E-state index is -5.69. The molecule has 0 radical (unpaired) electrons. The van der Waals surface area contributed by atoms with E-state index in [1.165, 1.54) is 186 Å². The zero-order valence-corrected chi connectivity index (χ0v) is 63.4. The maximum absolute atomic E-state index is 14.4. The lowest BCUT2D eigenvalue weighted by Gasteiger charge is -2.49. The summed E-state index contributed by atoms with van der Waals surface area (Å²) in [4.78, 5) is 51.1. The van der Waals surface area contributed by atoms with E-state index in [1.54, 1.807) is 0 Å². The smallest absolute Gasteiger partial charge is 0.463 e. The van der Waals surface area contributed by atoms with Crippen molar-refractivity contribution < 1.29 is 117 Å². The van der Waals surface area contributed by atoms with E-state index in [2.05, 4.69) is 20.8 Å². The fourth-order valence-corrected chi connectivity index (χ4v) is 14.5. The minimum Gasteiger partial charge on any atom is -0.463 e. The van der Waals surface area contributed by atoms with Crippen molar-refractivity contribution in [2.24, 2.45) is 0 Å². The summed E-state index contributed by atoms with van der Waals surface area (Å²) in [5.41, 5.74) is 0. The number of esters is 3. The molecule has 0 amide bonds. The van der Waals surface area contributed by atoms with Crippen molar-refractivity contribution in [3.63, 3.8) is 0 Å². The van der Waals surface area contributed by atoms with Crippen molar-refractivity contribution in [2.45, 2.75) is 440 Å². The van der Waals surface area contributed by atoms with Crippen molar-refractivity contribution in [2.75, 3.05) is 26.4 Å². The number of rotatable bonds is 64. The van der Waals surface area contributed by atoms with Crippen molar-refractivity contribution in [1.82, 2.24) is 0 Å². The van der Waals surface area contributed by atoms with Crippen LogP contribution in [0.15, 0.2) is 0 Å². The predicted octanol–water partition coefficient (Wildman–Crippen LogP) is 12.1. The average Bonchev–Trinajstić information content (AvgIpc) is 0.762. The quantitative estimate of drug-likeness (QED) is 0.0117. The van der Waals surface area contributed by atoms with Crippen LogP contribution >= 0.6 is 7.82 Å². The zero-order chi connectivity index (χ0) is 73.9. The Hall–Kier alpha value is -2.04. The first-order valence-corrected chi connectivity index (χ1v) is 41.8. The van der Waals surface area contributed by atoms with Gasteiger partial charge >= 0.3 is 25.7 Å². The van der Waals surface area contributed by atoms with Gasteiger partial charge in [-0.15, -0.1) is 0 Å². The van der Waals surface area contributed by atoms with Crippen LogP contribution in [0.1, 0.15) is 335 Å². The Morgan fingerprint density at radius 3 is 0.970 bits per heavy atom. The summed E-state index contributed by atoms with van der Waals surface area (Å²) in [6.45, 7) is 3.51. The van der Waals surface area contributed by atoms with Gasteiger partial charge < -0.3 is 89.1 Å². The van der Waals surface area contributed by atoms with E-state index in [9.17, 15) is 74.9 Å². The predicted molar refractivity (Wildman–Crippen MR) is 384 cm³/mol. The van der Waals surface area contributed by atoms with E-state index >= 15 is 0 Å². The number of aliphatic hydroxyl groups excluding tert-OH is 10. The first-order valence-electron chi connectivity index (χ1n) is 40.3. The molecule has 0 spiro atoms. The fraction of sp³-hybridized carbons (Fsp3) is 0.961. The van der Waals surface area contributed by atoms with Gasteiger partial charge in [0.25, 0.3) is 0 Å². The first-order chi connectivity index (χ1) is 48.8. The maximum atomic E-state index is 14.4. The first kappa shape index (κ1) is 93.2. The van der Waals surface area contributed by atoms with Gasteiger partial charge in [0.05, 0.1) is 13.2 Å². The lowest BCUT2D eigenvalue weighted by atomic mass is 9.84. The zero-order valence-electron chi connectivity index (χ0n) is 62.5. The van der Waals surface area contributed by atoms with E-state index in [-0.39, 0.29) is 19.3 Å². The fourth-order valence-electron chi connectivity index (χ4n) is 13.6. The molecular formula is C76H143O24P. The van der Waals surface area contributed by atoms with Gasteiger partial charge in [-0.1, -0.05) is 297 Å². The van der Waals surface area contributed by atoms with Gasteiger partial charge in [-0.3, -0.25) is 23.4 Å². The Kier molecular flexibility index (Phi) is 53.5. The largest absolute Gasteiger partial charge is 0.472 e. The minimum absolute atomic E-state index is 0.0327. The Morgan fingerprint density at radius 2 is 0.634 bits per heavy atom. The molecule has 2 aliphatic heterocycles. The molecule has 3 aliphatic rings. The molecule has 3 rings (SSSR count). The summed E-state index contributed by atoms with van der Waals surface area (Å²) < 4.78 is 65.2. The summed E-state index contributed by atoms with van der Waals surface area (Å²) in [6.07, 6.45) is 17.1. The summed E-state index contributed by atoms with van der Waals surface area (Å²) in [5.74, 6) is -1.97. The molecule has 101 heavy (non-hydrogen) atoms.